The molecule has 0 aliphatic heterocycles. The predicted molar refractivity (Wildman–Crippen MR) is 47.3 cm³/mol. The Morgan fingerprint density at radius 1 is 1.62 bits per heavy atom. The van der Waals surface area contributed by atoms with E-state index in [-0.39, 0.29) is 11.4 Å². The summed E-state index contributed by atoms with van der Waals surface area (Å²) < 4.78 is 17.2. The summed E-state index contributed by atoms with van der Waals surface area (Å²) in [4.78, 5) is 11.1. The van der Waals surface area contributed by atoms with Crippen molar-refractivity contribution in [1.82, 2.24) is 0 Å². The molecule has 0 heterocycles. The fourth-order valence-electron chi connectivity index (χ4n) is 0.965. The van der Waals surface area contributed by atoms with Crippen LogP contribution in [0.4, 0.5) is 4.39 Å². The van der Waals surface area contributed by atoms with Crippen LogP contribution in [0.1, 0.15) is 15.9 Å². The third kappa shape index (κ3) is 2.18. The van der Waals surface area contributed by atoms with Gasteiger partial charge in [0.15, 0.2) is 0 Å². The van der Waals surface area contributed by atoms with E-state index in [1.54, 1.807) is 0 Å². The molecule has 0 radical (unpaired) electrons. The highest BCUT2D eigenvalue weighted by atomic mass is 35.5. The van der Waals surface area contributed by atoms with Crippen LogP contribution < -0.4 is 0 Å². The Bertz CT molecular complexity index is 325. The van der Waals surface area contributed by atoms with E-state index in [4.69, 9.17) is 11.6 Å². The fraction of sp³-hybridized carbons (Fsp3) is 0.222. The first-order chi connectivity index (χ1) is 6.19. The van der Waals surface area contributed by atoms with E-state index in [2.05, 4.69) is 4.74 Å². The number of esters is 1. The maximum Gasteiger partial charge on any atom is 0.338 e. The van der Waals surface area contributed by atoms with Crippen molar-refractivity contribution in [3.05, 3.63) is 35.1 Å². The minimum absolute atomic E-state index is 0.157. The van der Waals surface area contributed by atoms with E-state index in [0.29, 0.717) is 5.56 Å². The lowest BCUT2D eigenvalue weighted by molar-refractivity contribution is 0.0599. The molecule has 0 fully saturated rings. The van der Waals surface area contributed by atoms with Crippen LogP contribution in [0.25, 0.3) is 0 Å². The van der Waals surface area contributed by atoms with Crippen LogP contribution in [-0.2, 0) is 10.6 Å². The Labute approximate surface area is 80.3 Å². The number of carbonyl (C=O) groups excluding carboxylic acids is 1. The van der Waals surface area contributed by atoms with Gasteiger partial charge in [-0.05, 0) is 17.7 Å². The highest BCUT2D eigenvalue weighted by Crippen LogP contribution is 2.14. The average molecular weight is 203 g/mol. The molecule has 0 atom stereocenters. The highest BCUT2D eigenvalue weighted by Gasteiger charge is 2.11. The molecule has 0 spiro atoms. The molecule has 0 saturated heterocycles. The summed E-state index contributed by atoms with van der Waals surface area (Å²) >= 11 is 5.56. The van der Waals surface area contributed by atoms with Crippen LogP contribution in [0, 0.1) is 5.82 Å². The molecule has 0 amide bonds. The molecule has 13 heavy (non-hydrogen) atoms. The van der Waals surface area contributed by atoms with Crippen LogP contribution in [0.5, 0.6) is 0 Å². The first-order valence-electron chi connectivity index (χ1n) is 3.61. The Balaban J connectivity index is 3.15. The van der Waals surface area contributed by atoms with Gasteiger partial charge in [-0.2, -0.15) is 0 Å². The molecule has 1 rings (SSSR count). The van der Waals surface area contributed by atoms with Crippen molar-refractivity contribution in [2.24, 2.45) is 0 Å². The third-order valence-electron chi connectivity index (χ3n) is 1.62. The predicted octanol–water partition coefficient (Wildman–Crippen LogP) is 2.35. The van der Waals surface area contributed by atoms with E-state index in [1.165, 1.54) is 19.2 Å². The number of hydrogen-bond donors (Lipinski definition) is 0. The fourth-order valence-corrected chi connectivity index (χ4v) is 1.20. The van der Waals surface area contributed by atoms with Gasteiger partial charge >= 0.3 is 5.97 Å². The molecule has 4 heteroatoms. The second-order valence-corrected chi connectivity index (χ2v) is 2.69. The number of benzene rings is 1. The Morgan fingerprint density at radius 2 is 2.31 bits per heavy atom. The lowest BCUT2D eigenvalue weighted by Gasteiger charge is -2.04. The molecule has 0 aliphatic rings. The summed E-state index contributed by atoms with van der Waals surface area (Å²) in [6, 6.07) is 3.84. The number of carbonyl (C=O) groups is 1. The van der Waals surface area contributed by atoms with Gasteiger partial charge in [0.05, 0.1) is 12.7 Å². The monoisotopic (exact) mass is 202 g/mol. The van der Waals surface area contributed by atoms with Gasteiger partial charge in [0.1, 0.15) is 5.82 Å². The largest absolute Gasteiger partial charge is 0.465 e. The Morgan fingerprint density at radius 3 is 2.85 bits per heavy atom. The maximum atomic E-state index is 12.7. The summed E-state index contributed by atoms with van der Waals surface area (Å²) in [5.41, 5.74) is 0.743. The third-order valence-corrected chi connectivity index (χ3v) is 1.91. The van der Waals surface area contributed by atoms with Crippen LogP contribution in [0.2, 0.25) is 0 Å². The normalized spacial score (nSPS) is 9.77. The number of alkyl halides is 1. The number of rotatable bonds is 2. The van der Waals surface area contributed by atoms with E-state index in [0.717, 1.165) is 6.07 Å². The topological polar surface area (TPSA) is 26.3 Å². The van der Waals surface area contributed by atoms with Gasteiger partial charge in [-0.3, -0.25) is 0 Å². The van der Waals surface area contributed by atoms with Gasteiger partial charge in [0, 0.05) is 5.88 Å². The first kappa shape index (κ1) is 9.99. The molecule has 0 aromatic heterocycles. The zero-order chi connectivity index (χ0) is 9.84. The van der Waals surface area contributed by atoms with Crippen molar-refractivity contribution in [2.45, 2.75) is 5.88 Å². The quantitative estimate of drug-likeness (QED) is 0.544. The van der Waals surface area contributed by atoms with E-state index in [1.807, 2.05) is 0 Å². The Kier molecular flexibility index (Phi) is 3.25. The highest BCUT2D eigenvalue weighted by molar-refractivity contribution is 6.17. The summed E-state index contributed by atoms with van der Waals surface area (Å²) in [6.45, 7) is 0. The van der Waals surface area contributed by atoms with Crippen molar-refractivity contribution in [1.29, 1.82) is 0 Å². The van der Waals surface area contributed by atoms with Gasteiger partial charge in [-0.15, -0.1) is 11.6 Å². The second kappa shape index (κ2) is 4.23. The molecule has 70 valence electrons. The smallest absolute Gasteiger partial charge is 0.338 e. The first-order valence-corrected chi connectivity index (χ1v) is 4.15. The molecule has 0 aliphatic carbocycles. The minimum Gasteiger partial charge on any atom is -0.465 e. The molecule has 2 nitrogen and oxygen atoms in total. The van der Waals surface area contributed by atoms with E-state index < -0.39 is 11.8 Å². The van der Waals surface area contributed by atoms with Crippen molar-refractivity contribution in [3.8, 4) is 0 Å². The summed E-state index contributed by atoms with van der Waals surface area (Å²) in [5.74, 6) is -0.894. The SMILES string of the molecule is COC(=O)c1cc(F)ccc1CCl. The molecule has 0 N–H and O–H groups in total. The summed E-state index contributed by atoms with van der Waals surface area (Å²) in [7, 11) is 1.24. The van der Waals surface area contributed by atoms with E-state index in [9.17, 15) is 9.18 Å². The van der Waals surface area contributed by atoms with Crippen LogP contribution in [-0.4, -0.2) is 13.1 Å². The van der Waals surface area contributed by atoms with Crippen molar-refractivity contribution in [3.63, 3.8) is 0 Å². The Hall–Kier alpha value is -1.09. The van der Waals surface area contributed by atoms with Crippen LogP contribution >= 0.6 is 11.6 Å². The maximum absolute atomic E-state index is 12.7. The van der Waals surface area contributed by atoms with Crippen LogP contribution in [0.3, 0.4) is 0 Å². The lowest BCUT2D eigenvalue weighted by atomic mass is 10.1. The molecule has 1 aromatic rings. The molecule has 1 aromatic carbocycles. The zero-order valence-electron chi connectivity index (χ0n) is 7.01. The standard InChI is InChI=1S/C9H8ClFO2/c1-13-9(12)8-4-7(11)3-2-6(8)5-10/h2-4H,5H2,1H3. The van der Waals surface area contributed by atoms with Gasteiger partial charge in [0.2, 0.25) is 0 Å². The van der Waals surface area contributed by atoms with Gasteiger partial charge in [-0.25, -0.2) is 9.18 Å². The van der Waals surface area contributed by atoms with Gasteiger partial charge in [0.25, 0.3) is 0 Å². The molecule has 0 bridgehead atoms. The van der Waals surface area contributed by atoms with Crippen LogP contribution in [0.15, 0.2) is 18.2 Å². The molecular formula is C9H8ClFO2. The minimum atomic E-state index is -0.574. The number of methoxy groups -OCH3 is 1. The second-order valence-electron chi connectivity index (χ2n) is 2.43. The summed E-state index contributed by atoms with van der Waals surface area (Å²) in [6.07, 6.45) is 0. The van der Waals surface area contributed by atoms with Crippen molar-refractivity contribution >= 4 is 17.6 Å². The van der Waals surface area contributed by atoms with E-state index >= 15 is 0 Å². The molecule has 0 saturated carbocycles. The molecular weight excluding hydrogens is 195 g/mol. The average Bonchev–Trinajstić information content (AvgIpc) is 2.16. The van der Waals surface area contributed by atoms with Crippen molar-refractivity contribution < 1.29 is 13.9 Å². The number of halogens is 2. The lowest BCUT2D eigenvalue weighted by Crippen LogP contribution is -2.05. The zero-order valence-corrected chi connectivity index (χ0v) is 7.77. The number of ether oxygens (including phenoxy) is 1. The van der Waals surface area contributed by atoms with Gasteiger partial charge < -0.3 is 4.74 Å². The summed E-state index contributed by atoms with van der Waals surface area (Å²) in [5, 5.41) is 0. The van der Waals surface area contributed by atoms with Gasteiger partial charge in [-0.1, -0.05) is 6.07 Å². The van der Waals surface area contributed by atoms with Crippen molar-refractivity contribution in [2.75, 3.05) is 7.11 Å². The number of hydrogen-bond acceptors (Lipinski definition) is 2. The molecule has 0 unspecified atom stereocenters.